The second kappa shape index (κ2) is 8.72. The van der Waals surface area contributed by atoms with Crippen molar-refractivity contribution in [2.75, 3.05) is 39.4 Å². The molecule has 0 aromatic heterocycles. The third kappa shape index (κ3) is 11.9. The molecule has 0 aliphatic carbocycles. The maximum absolute atomic E-state index is 11.8. The summed E-state index contributed by atoms with van der Waals surface area (Å²) in [5, 5.41) is 0. The van der Waals surface area contributed by atoms with E-state index in [1.54, 1.807) is 0 Å². The molecule has 0 fully saturated rings. The van der Waals surface area contributed by atoms with Crippen LogP contribution in [0.1, 0.15) is 20.3 Å². The predicted octanol–water partition coefficient (Wildman–Crippen LogP) is 1.87. The first-order valence-electron chi connectivity index (χ1n) is 5.92. The molecule has 104 valence electrons. The molecule has 0 aliphatic rings. The molecule has 0 unspecified atom stereocenters. The Balaban J connectivity index is 3.75. The normalized spacial score (nSPS) is 12.7. The van der Waals surface area contributed by atoms with Crippen molar-refractivity contribution < 1.29 is 17.9 Å². The van der Waals surface area contributed by atoms with Gasteiger partial charge in [-0.25, -0.2) is 0 Å². The number of halogens is 3. The van der Waals surface area contributed by atoms with Crippen molar-refractivity contribution in [1.82, 2.24) is 4.90 Å². The van der Waals surface area contributed by atoms with Crippen LogP contribution in [-0.2, 0) is 4.74 Å². The van der Waals surface area contributed by atoms with Gasteiger partial charge in [-0.2, -0.15) is 13.2 Å². The number of nitrogens with zero attached hydrogens (tertiary/aromatic N) is 1. The first kappa shape index (κ1) is 16.7. The molecule has 0 bridgehead atoms. The van der Waals surface area contributed by atoms with E-state index in [0.717, 1.165) is 19.5 Å². The molecule has 0 atom stereocenters. The third-order valence-corrected chi connectivity index (χ3v) is 2.12. The van der Waals surface area contributed by atoms with Crippen molar-refractivity contribution in [1.29, 1.82) is 0 Å². The number of rotatable bonds is 9. The van der Waals surface area contributed by atoms with Crippen LogP contribution in [0.25, 0.3) is 0 Å². The minimum atomic E-state index is -4.24. The lowest BCUT2D eigenvalue weighted by molar-refractivity contribution is -0.174. The van der Waals surface area contributed by atoms with Gasteiger partial charge in [-0.1, -0.05) is 13.8 Å². The summed E-state index contributed by atoms with van der Waals surface area (Å²) in [6.07, 6.45) is -3.38. The van der Waals surface area contributed by atoms with E-state index >= 15 is 0 Å². The minimum absolute atomic E-state index is 0.108. The standard InChI is InChI=1S/C11H23F3N2O/c1-10(2)8-16(5-3-4-15)6-7-17-9-11(12,13)14/h10H,3-9,15H2,1-2H3. The van der Waals surface area contributed by atoms with Gasteiger partial charge in [-0.15, -0.1) is 0 Å². The quantitative estimate of drug-likeness (QED) is 0.640. The number of ether oxygens (including phenoxy) is 1. The molecule has 0 aromatic rings. The van der Waals surface area contributed by atoms with E-state index in [-0.39, 0.29) is 6.61 Å². The van der Waals surface area contributed by atoms with Crippen LogP contribution >= 0.6 is 0 Å². The lowest BCUT2D eigenvalue weighted by Crippen LogP contribution is -2.33. The molecule has 0 amide bonds. The van der Waals surface area contributed by atoms with E-state index in [2.05, 4.69) is 23.5 Å². The molecule has 0 radical (unpaired) electrons. The van der Waals surface area contributed by atoms with Gasteiger partial charge < -0.3 is 15.4 Å². The number of hydrogen-bond donors (Lipinski definition) is 1. The molecule has 3 nitrogen and oxygen atoms in total. The maximum Gasteiger partial charge on any atom is 0.411 e. The fraction of sp³-hybridized carbons (Fsp3) is 1.00. The van der Waals surface area contributed by atoms with Gasteiger partial charge >= 0.3 is 6.18 Å². The second-order valence-corrected chi connectivity index (χ2v) is 4.50. The van der Waals surface area contributed by atoms with Crippen LogP contribution in [0.2, 0.25) is 0 Å². The van der Waals surface area contributed by atoms with E-state index in [0.29, 0.717) is 19.0 Å². The van der Waals surface area contributed by atoms with Gasteiger partial charge in [-0.3, -0.25) is 0 Å². The molecule has 0 rings (SSSR count). The Morgan fingerprint density at radius 1 is 1.24 bits per heavy atom. The molecular weight excluding hydrogens is 233 g/mol. The smallest absolute Gasteiger partial charge is 0.371 e. The first-order valence-corrected chi connectivity index (χ1v) is 5.92. The topological polar surface area (TPSA) is 38.5 Å². The van der Waals surface area contributed by atoms with Gasteiger partial charge in [0.05, 0.1) is 6.61 Å². The zero-order chi connectivity index (χ0) is 13.3. The Hall–Kier alpha value is -0.330. The maximum atomic E-state index is 11.8. The van der Waals surface area contributed by atoms with Gasteiger partial charge in [-0.05, 0) is 25.4 Å². The molecule has 0 saturated heterocycles. The number of alkyl halides is 3. The van der Waals surface area contributed by atoms with Crippen LogP contribution in [0.5, 0.6) is 0 Å². The SMILES string of the molecule is CC(C)CN(CCCN)CCOCC(F)(F)F. The van der Waals surface area contributed by atoms with Crippen LogP contribution in [0.4, 0.5) is 13.2 Å². The summed E-state index contributed by atoms with van der Waals surface area (Å²) in [7, 11) is 0. The Labute approximate surface area is 101 Å². The zero-order valence-corrected chi connectivity index (χ0v) is 10.6. The summed E-state index contributed by atoms with van der Waals surface area (Å²) < 4.78 is 40.1. The highest BCUT2D eigenvalue weighted by atomic mass is 19.4. The highest BCUT2D eigenvalue weighted by Crippen LogP contribution is 2.14. The number of nitrogens with two attached hydrogens (primary N) is 1. The highest BCUT2D eigenvalue weighted by Gasteiger charge is 2.27. The van der Waals surface area contributed by atoms with Gasteiger partial charge in [0.1, 0.15) is 6.61 Å². The van der Waals surface area contributed by atoms with Crippen LogP contribution in [0.3, 0.4) is 0 Å². The van der Waals surface area contributed by atoms with Gasteiger partial charge in [0, 0.05) is 13.1 Å². The predicted molar refractivity (Wildman–Crippen MR) is 61.8 cm³/mol. The fourth-order valence-electron chi connectivity index (χ4n) is 1.51. The van der Waals surface area contributed by atoms with Crippen LogP contribution in [0.15, 0.2) is 0 Å². The Kier molecular flexibility index (Phi) is 8.55. The number of hydrogen-bond acceptors (Lipinski definition) is 3. The molecule has 0 aliphatic heterocycles. The molecule has 2 N–H and O–H groups in total. The van der Waals surface area contributed by atoms with Crippen LogP contribution in [-0.4, -0.2) is 50.5 Å². The fourth-order valence-corrected chi connectivity index (χ4v) is 1.51. The summed E-state index contributed by atoms with van der Waals surface area (Å²) in [6, 6.07) is 0. The summed E-state index contributed by atoms with van der Waals surface area (Å²) in [4.78, 5) is 2.09. The van der Waals surface area contributed by atoms with Crippen molar-refractivity contribution >= 4 is 0 Å². The van der Waals surface area contributed by atoms with Crippen molar-refractivity contribution in [2.45, 2.75) is 26.4 Å². The Morgan fingerprint density at radius 3 is 2.35 bits per heavy atom. The molecule has 17 heavy (non-hydrogen) atoms. The highest BCUT2D eigenvalue weighted by molar-refractivity contribution is 4.61. The molecular formula is C11H23F3N2O. The van der Waals surface area contributed by atoms with Crippen LogP contribution < -0.4 is 5.73 Å². The van der Waals surface area contributed by atoms with E-state index < -0.39 is 12.8 Å². The molecule has 6 heteroatoms. The van der Waals surface area contributed by atoms with E-state index in [1.807, 2.05) is 0 Å². The molecule has 0 heterocycles. The van der Waals surface area contributed by atoms with Crippen molar-refractivity contribution in [3.63, 3.8) is 0 Å². The molecule has 0 spiro atoms. The second-order valence-electron chi connectivity index (χ2n) is 4.50. The lowest BCUT2D eigenvalue weighted by Gasteiger charge is -2.24. The molecule has 0 aromatic carbocycles. The lowest BCUT2D eigenvalue weighted by atomic mass is 10.2. The Morgan fingerprint density at radius 2 is 1.88 bits per heavy atom. The first-order chi connectivity index (χ1) is 7.85. The van der Waals surface area contributed by atoms with Crippen molar-refractivity contribution in [3.8, 4) is 0 Å². The van der Waals surface area contributed by atoms with Crippen molar-refractivity contribution in [3.05, 3.63) is 0 Å². The average Bonchev–Trinajstić information content (AvgIpc) is 2.18. The minimum Gasteiger partial charge on any atom is -0.371 e. The summed E-state index contributed by atoms with van der Waals surface area (Å²) in [5.74, 6) is 0.482. The average molecular weight is 256 g/mol. The van der Waals surface area contributed by atoms with E-state index in [1.165, 1.54) is 0 Å². The Bertz CT molecular complexity index is 186. The van der Waals surface area contributed by atoms with Crippen molar-refractivity contribution in [2.24, 2.45) is 11.7 Å². The third-order valence-electron chi connectivity index (χ3n) is 2.12. The summed E-state index contributed by atoms with van der Waals surface area (Å²) in [6.45, 7) is 5.87. The van der Waals surface area contributed by atoms with E-state index in [4.69, 9.17) is 5.73 Å². The van der Waals surface area contributed by atoms with Gasteiger partial charge in [0.2, 0.25) is 0 Å². The van der Waals surface area contributed by atoms with E-state index in [9.17, 15) is 13.2 Å². The summed E-state index contributed by atoms with van der Waals surface area (Å²) in [5.41, 5.74) is 5.41. The van der Waals surface area contributed by atoms with Crippen LogP contribution in [0, 0.1) is 5.92 Å². The molecule has 0 saturated carbocycles. The largest absolute Gasteiger partial charge is 0.411 e. The van der Waals surface area contributed by atoms with Gasteiger partial charge in [0.25, 0.3) is 0 Å². The van der Waals surface area contributed by atoms with Gasteiger partial charge in [0.15, 0.2) is 0 Å². The summed E-state index contributed by atoms with van der Waals surface area (Å²) >= 11 is 0. The monoisotopic (exact) mass is 256 g/mol. The zero-order valence-electron chi connectivity index (χ0n) is 10.6.